The highest BCUT2D eigenvalue weighted by Crippen LogP contribution is 2.23. The molecule has 0 radical (unpaired) electrons. The van der Waals surface area contributed by atoms with Crippen molar-refractivity contribution >= 4 is 23.5 Å². The van der Waals surface area contributed by atoms with Crippen LogP contribution in [0.2, 0.25) is 0 Å². The molecule has 1 aliphatic heterocycles. The SMILES string of the molecule is O=C1CCc2cc(C(=O)NCc3cccc(C(=O)O)c3)ccc2N1. The Morgan fingerprint density at radius 2 is 1.92 bits per heavy atom. The van der Waals surface area contributed by atoms with E-state index in [4.69, 9.17) is 5.11 Å². The van der Waals surface area contributed by atoms with Crippen molar-refractivity contribution in [1.29, 1.82) is 0 Å². The predicted octanol–water partition coefficient (Wildman–Crippen LogP) is 2.20. The molecular weight excluding hydrogens is 308 g/mol. The number of benzene rings is 2. The predicted molar refractivity (Wildman–Crippen MR) is 88.0 cm³/mol. The Balaban J connectivity index is 1.68. The van der Waals surface area contributed by atoms with Gasteiger partial charge in [-0.2, -0.15) is 0 Å². The van der Waals surface area contributed by atoms with Crippen LogP contribution in [0.25, 0.3) is 0 Å². The first kappa shape index (κ1) is 15.7. The second-order valence-corrected chi connectivity index (χ2v) is 5.61. The number of carbonyl (C=O) groups is 3. The average Bonchev–Trinajstić information content (AvgIpc) is 2.59. The summed E-state index contributed by atoms with van der Waals surface area (Å²) >= 11 is 0. The van der Waals surface area contributed by atoms with Crippen LogP contribution >= 0.6 is 0 Å². The molecule has 0 spiro atoms. The Labute approximate surface area is 138 Å². The van der Waals surface area contributed by atoms with Crippen molar-refractivity contribution in [2.75, 3.05) is 5.32 Å². The Morgan fingerprint density at radius 1 is 1.08 bits per heavy atom. The lowest BCUT2D eigenvalue weighted by Crippen LogP contribution is -2.24. The van der Waals surface area contributed by atoms with E-state index in [2.05, 4.69) is 10.6 Å². The maximum atomic E-state index is 12.3. The summed E-state index contributed by atoms with van der Waals surface area (Å²) in [6, 6.07) is 11.6. The Bertz CT molecular complexity index is 830. The molecule has 0 atom stereocenters. The molecule has 1 aliphatic rings. The quantitative estimate of drug-likeness (QED) is 0.803. The van der Waals surface area contributed by atoms with Gasteiger partial charge in [0.1, 0.15) is 0 Å². The monoisotopic (exact) mass is 324 g/mol. The van der Waals surface area contributed by atoms with E-state index in [9.17, 15) is 14.4 Å². The molecule has 3 N–H and O–H groups in total. The molecule has 6 heteroatoms. The second kappa shape index (κ2) is 6.54. The lowest BCUT2D eigenvalue weighted by molar-refractivity contribution is -0.116. The number of aryl methyl sites for hydroxylation is 1. The van der Waals surface area contributed by atoms with E-state index in [0.717, 1.165) is 11.3 Å². The lowest BCUT2D eigenvalue weighted by Gasteiger charge is -2.17. The molecule has 1 heterocycles. The van der Waals surface area contributed by atoms with Crippen LogP contribution in [0.1, 0.15) is 38.3 Å². The number of amides is 2. The van der Waals surface area contributed by atoms with Gasteiger partial charge in [0.25, 0.3) is 5.91 Å². The molecule has 0 saturated heterocycles. The smallest absolute Gasteiger partial charge is 0.335 e. The summed E-state index contributed by atoms with van der Waals surface area (Å²) in [4.78, 5) is 34.6. The van der Waals surface area contributed by atoms with Gasteiger partial charge in [0.05, 0.1) is 5.56 Å². The van der Waals surface area contributed by atoms with E-state index in [-0.39, 0.29) is 23.9 Å². The molecule has 2 amide bonds. The van der Waals surface area contributed by atoms with Crippen molar-refractivity contribution in [3.05, 3.63) is 64.7 Å². The van der Waals surface area contributed by atoms with E-state index in [1.165, 1.54) is 12.1 Å². The Kier molecular flexibility index (Phi) is 4.29. The fraction of sp³-hybridized carbons (Fsp3) is 0.167. The zero-order valence-electron chi connectivity index (χ0n) is 12.8. The molecule has 0 unspecified atom stereocenters. The number of nitrogens with one attached hydrogen (secondary N) is 2. The first-order chi connectivity index (χ1) is 11.5. The Morgan fingerprint density at radius 3 is 2.71 bits per heavy atom. The largest absolute Gasteiger partial charge is 0.478 e. The normalized spacial score (nSPS) is 12.9. The van der Waals surface area contributed by atoms with Crippen LogP contribution < -0.4 is 10.6 Å². The van der Waals surface area contributed by atoms with Crippen molar-refractivity contribution in [2.24, 2.45) is 0 Å². The average molecular weight is 324 g/mol. The van der Waals surface area contributed by atoms with Crippen LogP contribution in [0, 0.1) is 0 Å². The molecule has 122 valence electrons. The minimum absolute atomic E-state index is 0.0157. The molecule has 0 aliphatic carbocycles. The van der Waals surface area contributed by atoms with Crippen molar-refractivity contribution in [1.82, 2.24) is 5.32 Å². The standard InChI is InChI=1S/C18H16N2O4/c21-16-7-5-12-9-13(4-6-15(12)20-16)17(22)19-10-11-2-1-3-14(8-11)18(23)24/h1-4,6,8-9H,5,7,10H2,(H,19,22)(H,20,21)(H,23,24). The molecule has 0 saturated carbocycles. The van der Waals surface area contributed by atoms with Crippen molar-refractivity contribution in [3.8, 4) is 0 Å². The first-order valence-electron chi connectivity index (χ1n) is 7.56. The topological polar surface area (TPSA) is 95.5 Å². The van der Waals surface area contributed by atoms with E-state index in [1.807, 2.05) is 0 Å². The molecule has 24 heavy (non-hydrogen) atoms. The number of fused-ring (bicyclic) bond motifs is 1. The van der Waals surface area contributed by atoms with Gasteiger partial charge in [0, 0.05) is 24.2 Å². The highest BCUT2D eigenvalue weighted by Gasteiger charge is 2.16. The van der Waals surface area contributed by atoms with Gasteiger partial charge < -0.3 is 15.7 Å². The molecule has 2 aromatic carbocycles. The van der Waals surface area contributed by atoms with Crippen LogP contribution in [0.4, 0.5) is 5.69 Å². The van der Waals surface area contributed by atoms with Crippen LogP contribution in [0.15, 0.2) is 42.5 Å². The van der Waals surface area contributed by atoms with E-state index in [0.29, 0.717) is 24.0 Å². The summed E-state index contributed by atoms with van der Waals surface area (Å²) in [5.74, 6) is -1.26. The molecule has 6 nitrogen and oxygen atoms in total. The zero-order chi connectivity index (χ0) is 17.1. The summed E-state index contributed by atoms with van der Waals surface area (Å²) in [5, 5.41) is 14.5. The number of carboxylic acid groups (broad SMARTS) is 1. The fourth-order valence-corrected chi connectivity index (χ4v) is 2.62. The summed E-state index contributed by atoms with van der Waals surface area (Å²) in [6.07, 6.45) is 1.03. The third kappa shape index (κ3) is 3.43. The molecule has 2 aromatic rings. The van der Waals surface area contributed by atoms with Crippen molar-refractivity contribution < 1.29 is 19.5 Å². The third-order valence-electron chi connectivity index (χ3n) is 3.89. The summed E-state index contributed by atoms with van der Waals surface area (Å²) < 4.78 is 0. The zero-order valence-corrected chi connectivity index (χ0v) is 12.8. The molecule has 0 fully saturated rings. The maximum absolute atomic E-state index is 12.3. The number of hydrogen-bond acceptors (Lipinski definition) is 3. The lowest BCUT2D eigenvalue weighted by atomic mass is 10.00. The number of carboxylic acids is 1. The number of rotatable bonds is 4. The van der Waals surface area contributed by atoms with Crippen LogP contribution in [-0.2, 0) is 17.8 Å². The number of anilines is 1. The van der Waals surface area contributed by atoms with Crippen LogP contribution in [0.5, 0.6) is 0 Å². The number of carbonyl (C=O) groups excluding carboxylic acids is 2. The van der Waals surface area contributed by atoms with Gasteiger partial charge in [-0.3, -0.25) is 9.59 Å². The van der Waals surface area contributed by atoms with Gasteiger partial charge >= 0.3 is 5.97 Å². The minimum atomic E-state index is -1.00. The van der Waals surface area contributed by atoms with Gasteiger partial charge in [-0.15, -0.1) is 0 Å². The highest BCUT2D eigenvalue weighted by atomic mass is 16.4. The molecule has 3 rings (SSSR count). The molecule has 0 bridgehead atoms. The van der Waals surface area contributed by atoms with E-state index in [1.54, 1.807) is 30.3 Å². The number of aromatic carboxylic acids is 1. The van der Waals surface area contributed by atoms with Gasteiger partial charge in [-0.25, -0.2) is 4.79 Å². The first-order valence-corrected chi connectivity index (χ1v) is 7.56. The minimum Gasteiger partial charge on any atom is -0.478 e. The van der Waals surface area contributed by atoms with Gasteiger partial charge in [0.15, 0.2) is 0 Å². The van der Waals surface area contributed by atoms with Crippen LogP contribution in [-0.4, -0.2) is 22.9 Å². The maximum Gasteiger partial charge on any atom is 0.335 e. The third-order valence-corrected chi connectivity index (χ3v) is 3.89. The molecular formula is C18H16N2O4. The summed E-state index contributed by atoms with van der Waals surface area (Å²) in [6.45, 7) is 0.244. The van der Waals surface area contributed by atoms with Gasteiger partial charge in [-0.1, -0.05) is 12.1 Å². The van der Waals surface area contributed by atoms with Crippen molar-refractivity contribution in [3.63, 3.8) is 0 Å². The van der Waals surface area contributed by atoms with E-state index >= 15 is 0 Å². The molecule has 0 aromatic heterocycles. The Hall–Kier alpha value is -3.15. The van der Waals surface area contributed by atoms with Gasteiger partial charge in [0.2, 0.25) is 5.91 Å². The fourth-order valence-electron chi connectivity index (χ4n) is 2.62. The van der Waals surface area contributed by atoms with Crippen molar-refractivity contribution in [2.45, 2.75) is 19.4 Å². The summed E-state index contributed by atoms with van der Waals surface area (Å²) in [7, 11) is 0. The van der Waals surface area contributed by atoms with Crippen LogP contribution in [0.3, 0.4) is 0 Å². The van der Waals surface area contributed by atoms with Gasteiger partial charge in [-0.05, 0) is 47.9 Å². The van der Waals surface area contributed by atoms with E-state index < -0.39 is 5.97 Å². The summed E-state index contributed by atoms with van der Waals surface area (Å²) in [5.41, 5.74) is 3.10. The number of hydrogen-bond donors (Lipinski definition) is 3. The highest BCUT2D eigenvalue weighted by molar-refractivity contribution is 5.98. The second-order valence-electron chi connectivity index (χ2n) is 5.61.